The van der Waals surface area contributed by atoms with Crippen LogP contribution in [-0.2, 0) is 9.53 Å². The van der Waals surface area contributed by atoms with Gasteiger partial charge in [-0.15, -0.1) is 10.2 Å². The number of benzene rings is 1. The Morgan fingerprint density at radius 1 is 1.45 bits per heavy atom. The van der Waals surface area contributed by atoms with Crippen LogP contribution in [0.3, 0.4) is 0 Å². The normalized spacial score (nSPS) is 18.4. The molecule has 1 aromatic carbocycles. The fourth-order valence-electron chi connectivity index (χ4n) is 2.20. The van der Waals surface area contributed by atoms with Crippen molar-refractivity contribution in [2.45, 2.75) is 10.4 Å². The van der Waals surface area contributed by atoms with E-state index in [1.807, 2.05) is 29.2 Å². The Balaban J connectivity index is 1.57. The number of halogens is 1. The zero-order chi connectivity index (χ0) is 15.4. The standard InChI is InChI=1S/C14H14ClN3O2S2/c15-11-3-1-10(2-4-11)12-7-18(5-6-20-12)13(19)8-21-14-17-16-9-22-14/h1-4,9,12H,5-8H2. The molecule has 1 amide bonds. The van der Waals surface area contributed by atoms with Crippen molar-refractivity contribution in [3.05, 3.63) is 40.4 Å². The van der Waals surface area contributed by atoms with Crippen molar-refractivity contribution in [1.82, 2.24) is 15.1 Å². The summed E-state index contributed by atoms with van der Waals surface area (Å²) in [5, 5.41) is 8.39. The SMILES string of the molecule is O=C(CSc1nncs1)N1CCOC(c2ccc(Cl)cc2)C1. The minimum Gasteiger partial charge on any atom is -0.370 e. The first kappa shape index (κ1) is 15.7. The molecule has 3 rings (SSSR count). The lowest BCUT2D eigenvalue weighted by molar-refractivity contribution is -0.136. The predicted molar refractivity (Wildman–Crippen MR) is 87.4 cm³/mol. The molecule has 2 heterocycles. The molecule has 0 spiro atoms. The van der Waals surface area contributed by atoms with Gasteiger partial charge in [0.2, 0.25) is 5.91 Å². The maximum atomic E-state index is 12.3. The van der Waals surface area contributed by atoms with Crippen molar-refractivity contribution in [3.8, 4) is 0 Å². The number of amides is 1. The van der Waals surface area contributed by atoms with Crippen LogP contribution >= 0.6 is 34.7 Å². The third-order valence-electron chi connectivity index (χ3n) is 3.32. The molecular weight excluding hydrogens is 342 g/mol. The van der Waals surface area contributed by atoms with E-state index in [1.165, 1.54) is 23.1 Å². The fourth-order valence-corrected chi connectivity index (χ4v) is 3.71. The molecule has 1 fully saturated rings. The number of hydrogen-bond donors (Lipinski definition) is 0. The summed E-state index contributed by atoms with van der Waals surface area (Å²) < 4.78 is 6.59. The molecule has 1 aliphatic heterocycles. The largest absolute Gasteiger partial charge is 0.370 e. The highest BCUT2D eigenvalue weighted by Gasteiger charge is 2.25. The molecule has 0 bridgehead atoms. The third-order valence-corrected chi connectivity index (χ3v) is 5.42. The van der Waals surface area contributed by atoms with E-state index in [-0.39, 0.29) is 12.0 Å². The summed E-state index contributed by atoms with van der Waals surface area (Å²) in [7, 11) is 0. The van der Waals surface area contributed by atoms with E-state index in [4.69, 9.17) is 16.3 Å². The Labute approximate surface area is 141 Å². The molecule has 0 saturated carbocycles. The van der Waals surface area contributed by atoms with Crippen molar-refractivity contribution in [2.24, 2.45) is 0 Å². The van der Waals surface area contributed by atoms with Gasteiger partial charge in [0.1, 0.15) is 11.6 Å². The Bertz CT molecular complexity index is 622. The van der Waals surface area contributed by atoms with Crippen LogP contribution < -0.4 is 0 Å². The number of carbonyl (C=O) groups excluding carboxylic acids is 1. The van der Waals surface area contributed by atoms with Crippen molar-refractivity contribution in [3.63, 3.8) is 0 Å². The van der Waals surface area contributed by atoms with Crippen LogP contribution in [0.25, 0.3) is 0 Å². The summed E-state index contributed by atoms with van der Waals surface area (Å²) in [6.45, 7) is 1.74. The van der Waals surface area contributed by atoms with Gasteiger partial charge in [-0.1, -0.05) is 46.8 Å². The Morgan fingerprint density at radius 2 is 2.27 bits per heavy atom. The third kappa shape index (κ3) is 3.98. The average Bonchev–Trinajstić information content (AvgIpc) is 3.07. The zero-order valence-corrected chi connectivity index (χ0v) is 14.0. The highest BCUT2D eigenvalue weighted by atomic mass is 35.5. The highest BCUT2D eigenvalue weighted by molar-refractivity contribution is 8.01. The van der Waals surface area contributed by atoms with Crippen molar-refractivity contribution in [1.29, 1.82) is 0 Å². The number of thioether (sulfide) groups is 1. The van der Waals surface area contributed by atoms with Crippen LogP contribution in [0.5, 0.6) is 0 Å². The second-order valence-electron chi connectivity index (χ2n) is 4.74. The molecule has 8 heteroatoms. The van der Waals surface area contributed by atoms with Crippen molar-refractivity contribution < 1.29 is 9.53 Å². The van der Waals surface area contributed by atoms with Crippen LogP contribution in [0.15, 0.2) is 34.1 Å². The van der Waals surface area contributed by atoms with Crippen LogP contribution in [0, 0.1) is 0 Å². The number of ether oxygens (including phenoxy) is 1. The lowest BCUT2D eigenvalue weighted by atomic mass is 10.1. The van der Waals surface area contributed by atoms with Crippen LogP contribution in [0.2, 0.25) is 5.02 Å². The highest BCUT2D eigenvalue weighted by Crippen LogP contribution is 2.25. The van der Waals surface area contributed by atoms with Crippen molar-refractivity contribution >= 4 is 40.6 Å². The predicted octanol–water partition coefficient (Wildman–Crippen LogP) is 2.88. The van der Waals surface area contributed by atoms with Gasteiger partial charge in [0, 0.05) is 11.6 Å². The van der Waals surface area contributed by atoms with Crippen LogP contribution in [-0.4, -0.2) is 46.5 Å². The molecule has 0 radical (unpaired) electrons. The topological polar surface area (TPSA) is 55.3 Å². The number of rotatable bonds is 4. The van der Waals surface area contributed by atoms with Gasteiger partial charge in [-0.3, -0.25) is 4.79 Å². The second kappa shape index (κ2) is 7.41. The van der Waals surface area contributed by atoms with Gasteiger partial charge in [0.25, 0.3) is 0 Å². The number of hydrogen-bond acceptors (Lipinski definition) is 6. The molecule has 5 nitrogen and oxygen atoms in total. The molecule has 1 aliphatic rings. The molecule has 1 saturated heterocycles. The molecule has 2 aromatic rings. The maximum Gasteiger partial charge on any atom is 0.233 e. The van der Waals surface area contributed by atoms with Gasteiger partial charge in [-0.2, -0.15) is 0 Å². The van der Waals surface area contributed by atoms with Crippen molar-refractivity contribution in [2.75, 3.05) is 25.4 Å². The number of carbonyl (C=O) groups is 1. The first-order chi connectivity index (χ1) is 10.7. The van der Waals surface area contributed by atoms with Gasteiger partial charge in [0.05, 0.1) is 18.9 Å². The monoisotopic (exact) mass is 355 g/mol. The minimum atomic E-state index is -0.0958. The minimum absolute atomic E-state index is 0.0958. The Kier molecular flexibility index (Phi) is 5.30. The molecule has 1 atom stereocenters. The Morgan fingerprint density at radius 3 is 3.00 bits per heavy atom. The van der Waals surface area contributed by atoms with E-state index in [2.05, 4.69) is 10.2 Å². The lowest BCUT2D eigenvalue weighted by Crippen LogP contribution is -2.43. The number of nitrogens with zero attached hydrogens (tertiary/aromatic N) is 3. The summed E-state index contributed by atoms with van der Waals surface area (Å²) in [5.41, 5.74) is 2.71. The quantitative estimate of drug-likeness (QED) is 0.789. The smallest absolute Gasteiger partial charge is 0.233 e. The van der Waals surface area contributed by atoms with E-state index in [9.17, 15) is 4.79 Å². The van der Waals surface area contributed by atoms with E-state index in [1.54, 1.807) is 5.51 Å². The maximum absolute atomic E-state index is 12.3. The molecule has 1 aromatic heterocycles. The zero-order valence-electron chi connectivity index (χ0n) is 11.6. The second-order valence-corrected chi connectivity index (χ2v) is 7.24. The summed E-state index contributed by atoms with van der Waals surface area (Å²) in [4.78, 5) is 14.2. The molecular formula is C14H14ClN3O2S2. The van der Waals surface area contributed by atoms with Crippen LogP contribution in [0.4, 0.5) is 0 Å². The van der Waals surface area contributed by atoms with Gasteiger partial charge in [-0.05, 0) is 17.7 Å². The summed E-state index contributed by atoms with van der Waals surface area (Å²) in [5.74, 6) is 0.477. The van der Waals surface area contributed by atoms with Gasteiger partial charge in [-0.25, -0.2) is 0 Å². The number of morpholine rings is 1. The summed E-state index contributed by atoms with van der Waals surface area (Å²) in [6, 6.07) is 7.56. The van der Waals surface area contributed by atoms with Gasteiger partial charge < -0.3 is 9.64 Å². The van der Waals surface area contributed by atoms with E-state index in [0.717, 1.165) is 9.90 Å². The lowest BCUT2D eigenvalue weighted by Gasteiger charge is -2.33. The fraction of sp³-hybridized carbons (Fsp3) is 0.357. The summed E-state index contributed by atoms with van der Waals surface area (Å²) >= 11 is 8.77. The van der Waals surface area contributed by atoms with Gasteiger partial charge in [0.15, 0.2) is 4.34 Å². The molecule has 116 valence electrons. The number of aromatic nitrogens is 2. The first-order valence-electron chi connectivity index (χ1n) is 6.76. The molecule has 0 aliphatic carbocycles. The molecule has 1 unspecified atom stereocenters. The Hall–Kier alpha value is -1.15. The molecule has 22 heavy (non-hydrogen) atoms. The van der Waals surface area contributed by atoms with Gasteiger partial charge >= 0.3 is 0 Å². The van der Waals surface area contributed by atoms with Crippen LogP contribution in [0.1, 0.15) is 11.7 Å². The summed E-state index contributed by atoms with van der Waals surface area (Å²) in [6.07, 6.45) is -0.0958. The van der Waals surface area contributed by atoms with E-state index < -0.39 is 0 Å². The average molecular weight is 356 g/mol. The van der Waals surface area contributed by atoms with E-state index in [0.29, 0.717) is 30.5 Å². The molecule has 0 N–H and O–H groups in total. The van der Waals surface area contributed by atoms with E-state index >= 15 is 0 Å². The first-order valence-corrected chi connectivity index (χ1v) is 9.00.